The minimum atomic E-state index is -3.75. The van der Waals surface area contributed by atoms with E-state index in [0.717, 1.165) is 19.3 Å². The Morgan fingerprint density at radius 1 is 1.20 bits per heavy atom. The third-order valence-corrected chi connectivity index (χ3v) is 8.26. The van der Waals surface area contributed by atoms with Crippen LogP contribution in [0.15, 0.2) is 23.1 Å². The number of amides is 1. The first-order valence-electron chi connectivity index (χ1n) is 10.4. The number of hydrogen-bond donors (Lipinski definition) is 1. The molecule has 1 aliphatic rings. The summed E-state index contributed by atoms with van der Waals surface area (Å²) in [5.74, 6) is -0.329. The van der Waals surface area contributed by atoms with E-state index in [4.69, 9.17) is 16.3 Å². The second kappa shape index (κ2) is 10.6. The summed E-state index contributed by atoms with van der Waals surface area (Å²) in [7, 11) is -3.75. The molecule has 0 spiro atoms. The molecule has 0 aliphatic heterocycles. The van der Waals surface area contributed by atoms with E-state index in [2.05, 4.69) is 19.2 Å². The summed E-state index contributed by atoms with van der Waals surface area (Å²) < 4.78 is 31.8. The molecule has 7 nitrogen and oxygen atoms in total. The van der Waals surface area contributed by atoms with E-state index >= 15 is 0 Å². The third-order valence-electron chi connectivity index (χ3n) is 5.89. The number of carbonyl (C=O) groups excluding carboxylic acids is 2. The first-order valence-corrected chi connectivity index (χ1v) is 12.2. The van der Waals surface area contributed by atoms with Crippen molar-refractivity contribution in [2.24, 2.45) is 11.8 Å². The first kappa shape index (κ1) is 24.6. The molecule has 1 N–H and O–H groups in total. The molecule has 1 fully saturated rings. The first-order chi connectivity index (χ1) is 14.1. The van der Waals surface area contributed by atoms with E-state index in [1.165, 1.54) is 22.5 Å². The molecule has 0 aromatic heterocycles. The second-order valence-corrected chi connectivity index (χ2v) is 10.1. The Morgan fingerprint density at radius 2 is 1.87 bits per heavy atom. The topological polar surface area (TPSA) is 92.8 Å². The highest BCUT2D eigenvalue weighted by Gasteiger charge is 2.29. The summed E-state index contributed by atoms with van der Waals surface area (Å²) in [6.07, 6.45) is 3.11. The summed E-state index contributed by atoms with van der Waals surface area (Å²) in [5.41, 5.74) is -0.0858. The molecule has 2 rings (SSSR count). The summed E-state index contributed by atoms with van der Waals surface area (Å²) in [6, 6.07) is 3.96. The Labute approximate surface area is 184 Å². The molecule has 0 saturated heterocycles. The maximum atomic E-state index is 12.7. The number of halogens is 1. The van der Waals surface area contributed by atoms with Crippen LogP contribution in [0.2, 0.25) is 5.02 Å². The van der Waals surface area contributed by atoms with E-state index < -0.39 is 22.6 Å². The predicted octanol–water partition coefficient (Wildman–Crippen LogP) is 3.47. The van der Waals surface area contributed by atoms with Crippen LogP contribution in [0, 0.1) is 11.8 Å². The van der Waals surface area contributed by atoms with Crippen LogP contribution in [0.1, 0.15) is 57.3 Å². The minimum Gasteiger partial charge on any atom is -0.452 e. The minimum absolute atomic E-state index is 0.0444. The highest BCUT2D eigenvalue weighted by atomic mass is 35.5. The van der Waals surface area contributed by atoms with Crippen LogP contribution in [0.25, 0.3) is 0 Å². The number of sulfonamides is 1. The van der Waals surface area contributed by atoms with E-state index in [1.54, 1.807) is 13.8 Å². The fourth-order valence-corrected chi connectivity index (χ4v) is 5.46. The number of carbonyl (C=O) groups is 2. The van der Waals surface area contributed by atoms with Gasteiger partial charge < -0.3 is 10.1 Å². The van der Waals surface area contributed by atoms with Crippen LogP contribution in [0.5, 0.6) is 0 Å². The molecule has 0 heterocycles. The largest absolute Gasteiger partial charge is 0.452 e. The molecule has 3 atom stereocenters. The smallest absolute Gasteiger partial charge is 0.340 e. The number of nitrogens with one attached hydrogen (secondary N) is 1. The van der Waals surface area contributed by atoms with Crippen molar-refractivity contribution in [3.05, 3.63) is 28.8 Å². The molecule has 30 heavy (non-hydrogen) atoms. The zero-order valence-corrected chi connectivity index (χ0v) is 19.6. The zero-order chi connectivity index (χ0) is 22.5. The molecule has 9 heteroatoms. The van der Waals surface area contributed by atoms with Crippen molar-refractivity contribution >= 4 is 33.5 Å². The fraction of sp³-hybridized carbons (Fsp3) is 0.619. The van der Waals surface area contributed by atoms with Gasteiger partial charge in [-0.1, -0.05) is 52.1 Å². The quantitative estimate of drug-likeness (QED) is 0.602. The van der Waals surface area contributed by atoms with E-state index in [-0.39, 0.29) is 27.4 Å². The fourth-order valence-electron chi connectivity index (χ4n) is 3.78. The lowest BCUT2D eigenvalue weighted by Gasteiger charge is -2.34. The lowest BCUT2D eigenvalue weighted by molar-refractivity contribution is -0.125. The van der Waals surface area contributed by atoms with Crippen molar-refractivity contribution in [2.75, 3.05) is 19.7 Å². The summed E-state index contributed by atoms with van der Waals surface area (Å²) >= 11 is 6.08. The van der Waals surface area contributed by atoms with Crippen molar-refractivity contribution in [3.63, 3.8) is 0 Å². The molecular weight excluding hydrogens is 428 g/mol. The molecule has 0 radical (unpaired) electrons. The Balaban J connectivity index is 2.05. The highest BCUT2D eigenvalue weighted by Crippen LogP contribution is 2.29. The summed E-state index contributed by atoms with van der Waals surface area (Å²) in [5, 5.41) is 3.00. The Kier molecular flexibility index (Phi) is 8.70. The van der Waals surface area contributed by atoms with Gasteiger partial charge in [0, 0.05) is 19.1 Å². The van der Waals surface area contributed by atoms with Gasteiger partial charge in [0.05, 0.1) is 15.5 Å². The summed E-state index contributed by atoms with van der Waals surface area (Å²) in [4.78, 5) is 24.7. The number of esters is 1. The number of nitrogens with zero attached hydrogens (tertiary/aromatic N) is 1. The van der Waals surface area contributed by atoms with Crippen molar-refractivity contribution in [2.45, 2.75) is 57.9 Å². The van der Waals surface area contributed by atoms with E-state index in [1.807, 2.05) is 0 Å². The van der Waals surface area contributed by atoms with Gasteiger partial charge in [0.25, 0.3) is 5.91 Å². The Bertz CT molecular complexity index is 870. The monoisotopic (exact) mass is 458 g/mol. The Morgan fingerprint density at radius 3 is 2.50 bits per heavy atom. The van der Waals surface area contributed by atoms with Gasteiger partial charge in [0.15, 0.2) is 6.61 Å². The van der Waals surface area contributed by atoms with Gasteiger partial charge in [-0.15, -0.1) is 0 Å². The number of ether oxygens (including phenoxy) is 1. The third kappa shape index (κ3) is 5.74. The molecule has 1 aliphatic carbocycles. The zero-order valence-electron chi connectivity index (χ0n) is 18.0. The second-order valence-electron chi connectivity index (χ2n) is 7.75. The average Bonchev–Trinajstić information content (AvgIpc) is 2.70. The highest BCUT2D eigenvalue weighted by molar-refractivity contribution is 7.89. The molecule has 1 amide bonds. The summed E-state index contributed by atoms with van der Waals surface area (Å²) in [6.45, 7) is 7.92. The maximum absolute atomic E-state index is 12.7. The van der Waals surface area contributed by atoms with E-state index in [0.29, 0.717) is 24.9 Å². The Hall–Kier alpha value is -1.64. The van der Waals surface area contributed by atoms with Gasteiger partial charge in [-0.3, -0.25) is 4.79 Å². The van der Waals surface area contributed by atoms with Crippen molar-refractivity contribution in [1.29, 1.82) is 0 Å². The standard InChI is InChI=1S/C21H31ClN2O5S/c1-5-24(6-2)30(27,28)16-10-11-18(22)17(12-16)21(26)29-13-20(25)23-19-9-7-8-14(3)15(19)4/h10-12,14-15,19H,5-9,13H2,1-4H3,(H,23,25)/t14-,15-,19+/m1/s1. The van der Waals surface area contributed by atoms with Crippen LogP contribution < -0.4 is 5.32 Å². The van der Waals surface area contributed by atoms with Crippen molar-refractivity contribution in [1.82, 2.24) is 9.62 Å². The lowest BCUT2D eigenvalue weighted by atomic mass is 9.78. The van der Waals surface area contributed by atoms with Crippen LogP contribution in [-0.2, 0) is 19.6 Å². The molecule has 0 bridgehead atoms. The molecule has 1 aromatic rings. The van der Waals surface area contributed by atoms with Crippen LogP contribution in [-0.4, -0.2) is 50.3 Å². The molecule has 168 valence electrons. The van der Waals surface area contributed by atoms with Gasteiger partial charge in [-0.25, -0.2) is 13.2 Å². The normalized spacial score (nSPS) is 22.0. The van der Waals surface area contributed by atoms with Crippen molar-refractivity contribution in [3.8, 4) is 0 Å². The van der Waals surface area contributed by atoms with Gasteiger partial charge in [-0.2, -0.15) is 4.31 Å². The van der Waals surface area contributed by atoms with E-state index in [9.17, 15) is 18.0 Å². The van der Waals surface area contributed by atoms with Gasteiger partial charge in [0.1, 0.15) is 0 Å². The average molecular weight is 459 g/mol. The lowest BCUT2D eigenvalue weighted by Crippen LogP contribution is -2.45. The van der Waals surface area contributed by atoms with Crippen LogP contribution in [0.3, 0.4) is 0 Å². The SMILES string of the molecule is CCN(CC)S(=O)(=O)c1ccc(Cl)c(C(=O)OCC(=O)N[C@H]2CCC[C@@H](C)[C@H]2C)c1. The molecule has 1 saturated carbocycles. The van der Waals surface area contributed by atoms with Gasteiger partial charge in [0.2, 0.25) is 10.0 Å². The maximum Gasteiger partial charge on any atom is 0.340 e. The van der Waals surface area contributed by atoms with Crippen molar-refractivity contribution < 1.29 is 22.7 Å². The van der Waals surface area contributed by atoms with Gasteiger partial charge >= 0.3 is 5.97 Å². The van der Waals surface area contributed by atoms with Gasteiger partial charge in [-0.05, 0) is 36.5 Å². The number of hydrogen-bond acceptors (Lipinski definition) is 5. The van der Waals surface area contributed by atoms with Crippen LogP contribution >= 0.6 is 11.6 Å². The predicted molar refractivity (Wildman–Crippen MR) is 116 cm³/mol. The van der Waals surface area contributed by atoms with Crippen LogP contribution in [0.4, 0.5) is 0 Å². The molecule has 0 unspecified atom stereocenters. The molecule has 1 aromatic carbocycles. The number of rotatable bonds is 8. The number of benzene rings is 1. The molecular formula is C21H31ClN2O5S.